The van der Waals surface area contributed by atoms with Crippen molar-refractivity contribution in [2.75, 3.05) is 19.8 Å². The number of allylic oxidation sites excluding steroid dienone is 2. The largest absolute Gasteiger partial charge is 0.344 e. The molecular formula is C13H18N2O2. The van der Waals surface area contributed by atoms with E-state index in [0.29, 0.717) is 11.8 Å². The van der Waals surface area contributed by atoms with E-state index in [1.165, 1.54) is 24.1 Å². The zero-order chi connectivity index (χ0) is 11.3. The lowest BCUT2D eigenvalue weighted by atomic mass is 9.74. The van der Waals surface area contributed by atoms with Gasteiger partial charge < -0.3 is 14.9 Å². The van der Waals surface area contributed by atoms with Crippen LogP contribution in [0.25, 0.3) is 0 Å². The van der Waals surface area contributed by atoms with Crippen LogP contribution in [-0.4, -0.2) is 25.5 Å². The first-order chi connectivity index (χ1) is 8.36. The molecule has 1 spiro atoms. The van der Waals surface area contributed by atoms with Crippen molar-refractivity contribution < 1.29 is 9.47 Å². The van der Waals surface area contributed by atoms with Gasteiger partial charge in [0.1, 0.15) is 0 Å². The van der Waals surface area contributed by atoms with E-state index in [9.17, 15) is 0 Å². The van der Waals surface area contributed by atoms with Crippen molar-refractivity contribution in [1.29, 1.82) is 0 Å². The van der Waals surface area contributed by atoms with E-state index < -0.39 is 5.79 Å². The number of hydrogen-bond donors (Lipinski definition) is 2. The van der Waals surface area contributed by atoms with Crippen LogP contribution in [0.4, 0.5) is 0 Å². The van der Waals surface area contributed by atoms with Crippen LogP contribution in [0.2, 0.25) is 0 Å². The number of hydrogen-bond acceptors (Lipinski definition) is 4. The summed E-state index contributed by atoms with van der Waals surface area (Å²) < 4.78 is 11.5. The van der Waals surface area contributed by atoms with Gasteiger partial charge in [0.05, 0.1) is 13.2 Å². The number of nitrogens with one attached hydrogen (secondary N) is 2. The van der Waals surface area contributed by atoms with Gasteiger partial charge >= 0.3 is 0 Å². The standard InChI is InChI=1S/C13H18N2O2/c1-2-10-8-14-15-12(10)11-3-4-13(7-9(1)11)16-5-6-17-13/h3-4,9-10,14-15H,1-2,5-8H2. The maximum Gasteiger partial charge on any atom is 0.188 e. The topological polar surface area (TPSA) is 42.5 Å². The van der Waals surface area contributed by atoms with Crippen molar-refractivity contribution in [3.8, 4) is 0 Å². The molecule has 2 saturated heterocycles. The summed E-state index contributed by atoms with van der Waals surface area (Å²) in [6.45, 7) is 2.52. The van der Waals surface area contributed by atoms with Crippen LogP contribution in [-0.2, 0) is 9.47 Å². The fourth-order valence-electron chi connectivity index (χ4n) is 3.56. The van der Waals surface area contributed by atoms with Crippen molar-refractivity contribution in [2.45, 2.75) is 25.0 Å². The number of hydrazine groups is 1. The SMILES string of the molecule is C1=CC2(CC3CCC4CNNC4=C13)OCCO2. The Balaban J connectivity index is 1.71. The molecular weight excluding hydrogens is 216 g/mol. The maximum atomic E-state index is 5.77. The highest BCUT2D eigenvalue weighted by molar-refractivity contribution is 5.36. The molecule has 2 aliphatic heterocycles. The quantitative estimate of drug-likeness (QED) is 0.658. The van der Waals surface area contributed by atoms with Gasteiger partial charge in [-0.3, -0.25) is 0 Å². The first kappa shape index (κ1) is 10.1. The Labute approximate surface area is 101 Å². The van der Waals surface area contributed by atoms with E-state index in [1.807, 2.05) is 0 Å². The van der Waals surface area contributed by atoms with Crippen molar-refractivity contribution >= 4 is 0 Å². The average Bonchev–Trinajstić information content (AvgIpc) is 2.98. The smallest absolute Gasteiger partial charge is 0.188 e. The summed E-state index contributed by atoms with van der Waals surface area (Å²) >= 11 is 0. The van der Waals surface area contributed by atoms with E-state index >= 15 is 0 Å². The molecule has 17 heavy (non-hydrogen) atoms. The molecule has 2 heterocycles. The van der Waals surface area contributed by atoms with E-state index in [2.05, 4.69) is 23.0 Å². The molecule has 0 amide bonds. The minimum Gasteiger partial charge on any atom is -0.344 e. The molecule has 2 atom stereocenters. The van der Waals surface area contributed by atoms with Crippen molar-refractivity contribution in [3.63, 3.8) is 0 Å². The molecule has 0 aromatic carbocycles. The van der Waals surface area contributed by atoms with Crippen molar-refractivity contribution in [2.24, 2.45) is 11.8 Å². The molecule has 0 aromatic heterocycles. The predicted molar refractivity (Wildman–Crippen MR) is 62.8 cm³/mol. The van der Waals surface area contributed by atoms with Gasteiger partial charge in [-0.1, -0.05) is 6.08 Å². The fraction of sp³-hybridized carbons (Fsp3) is 0.692. The van der Waals surface area contributed by atoms with Gasteiger partial charge in [-0.25, -0.2) is 5.43 Å². The zero-order valence-corrected chi connectivity index (χ0v) is 9.87. The summed E-state index contributed by atoms with van der Waals surface area (Å²) in [4.78, 5) is 0. The van der Waals surface area contributed by atoms with Gasteiger partial charge in [0.2, 0.25) is 0 Å². The Morgan fingerprint density at radius 1 is 1.18 bits per heavy atom. The first-order valence-corrected chi connectivity index (χ1v) is 6.56. The maximum absolute atomic E-state index is 5.77. The van der Waals surface area contributed by atoms with Crippen molar-refractivity contribution in [3.05, 3.63) is 23.4 Å². The molecule has 92 valence electrons. The highest BCUT2D eigenvalue weighted by atomic mass is 16.7. The summed E-state index contributed by atoms with van der Waals surface area (Å²) in [5, 5.41) is 0. The Morgan fingerprint density at radius 3 is 2.88 bits per heavy atom. The molecule has 4 rings (SSSR count). The molecule has 0 bridgehead atoms. The Morgan fingerprint density at radius 2 is 2.00 bits per heavy atom. The molecule has 2 aliphatic carbocycles. The lowest BCUT2D eigenvalue weighted by Crippen LogP contribution is -2.36. The zero-order valence-electron chi connectivity index (χ0n) is 9.87. The normalized spacial score (nSPS) is 38.1. The predicted octanol–water partition coefficient (Wildman–Crippen LogP) is 1.08. The molecule has 4 aliphatic rings. The molecule has 0 aromatic rings. The van der Waals surface area contributed by atoms with Crippen molar-refractivity contribution in [1.82, 2.24) is 10.9 Å². The fourth-order valence-corrected chi connectivity index (χ4v) is 3.56. The van der Waals surface area contributed by atoms with E-state index in [0.717, 1.165) is 26.2 Å². The molecule has 2 fully saturated rings. The highest BCUT2D eigenvalue weighted by Crippen LogP contribution is 2.44. The van der Waals surface area contributed by atoms with Crippen LogP contribution in [0.5, 0.6) is 0 Å². The third-order valence-electron chi connectivity index (χ3n) is 4.42. The van der Waals surface area contributed by atoms with E-state index in [-0.39, 0.29) is 0 Å². The highest BCUT2D eigenvalue weighted by Gasteiger charge is 2.43. The molecule has 0 saturated carbocycles. The summed E-state index contributed by atoms with van der Waals surface area (Å²) in [7, 11) is 0. The summed E-state index contributed by atoms with van der Waals surface area (Å²) in [5.41, 5.74) is 9.46. The summed E-state index contributed by atoms with van der Waals surface area (Å²) in [5.74, 6) is 0.871. The van der Waals surface area contributed by atoms with Gasteiger partial charge in [-0.15, -0.1) is 0 Å². The van der Waals surface area contributed by atoms with Gasteiger partial charge in [-0.05, 0) is 30.4 Å². The second-order valence-corrected chi connectivity index (χ2v) is 5.39. The van der Waals surface area contributed by atoms with Crippen LogP contribution in [0.1, 0.15) is 19.3 Å². The first-order valence-electron chi connectivity index (χ1n) is 6.56. The molecule has 4 nitrogen and oxygen atoms in total. The van der Waals surface area contributed by atoms with Gasteiger partial charge in [0, 0.05) is 24.6 Å². The van der Waals surface area contributed by atoms with Gasteiger partial charge in [0.25, 0.3) is 0 Å². The monoisotopic (exact) mass is 234 g/mol. The minimum atomic E-state index is -0.409. The van der Waals surface area contributed by atoms with Crippen LogP contribution < -0.4 is 10.9 Å². The molecule has 2 N–H and O–H groups in total. The lowest BCUT2D eigenvalue weighted by Gasteiger charge is -2.37. The third kappa shape index (κ3) is 1.48. The number of rotatable bonds is 0. The van der Waals surface area contributed by atoms with Gasteiger partial charge in [-0.2, -0.15) is 0 Å². The lowest BCUT2D eigenvalue weighted by molar-refractivity contribution is -0.131. The summed E-state index contributed by atoms with van der Waals surface area (Å²) in [6.07, 6.45) is 7.85. The van der Waals surface area contributed by atoms with E-state index in [4.69, 9.17) is 9.47 Å². The second kappa shape index (κ2) is 3.57. The third-order valence-corrected chi connectivity index (χ3v) is 4.42. The Kier molecular flexibility index (Phi) is 2.13. The van der Waals surface area contributed by atoms with Crippen LogP contribution in [0.15, 0.2) is 23.4 Å². The van der Waals surface area contributed by atoms with Gasteiger partial charge in [0.15, 0.2) is 5.79 Å². The van der Waals surface area contributed by atoms with Crippen LogP contribution >= 0.6 is 0 Å². The Hall–Kier alpha value is -0.840. The minimum absolute atomic E-state index is 0.409. The van der Waals surface area contributed by atoms with Crippen LogP contribution in [0, 0.1) is 11.8 Å². The van der Waals surface area contributed by atoms with E-state index in [1.54, 1.807) is 0 Å². The van der Waals surface area contributed by atoms with Crippen LogP contribution in [0.3, 0.4) is 0 Å². The average molecular weight is 234 g/mol. The number of fused-ring (bicyclic) bond motifs is 2. The summed E-state index contributed by atoms with van der Waals surface area (Å²) in [6, 6.07) is 0. The second-order valence-electron chi connectivity index (χ2n) is 5.39. The Bertz CT molecular complexity index is 396. The number of ether oxygens (including phenoxy) is 2. The molecule has 2 unspecified atom stereocenters. The molecule has 4 heteroatoms. The molecule has 0 radical (unpaired) electrons.